The van der Waals surface area contributed by atoms with E-state index in [9.17, 15) is 9.59 Å². The lowest BCUT2D eigenvalue weighted by Gasteiger charge is -2.18. The van der Waals surface area contributed by atoms with Gasteiger partial charge in [-0.25, -0.2) is 0 Å². The molecule has 1 aliphatic rings. The van der Waals surface area contributed by atoms with E-state index in [4.69, 9.17) is 9.47 Å². The van der Waals surface area contributed by atoms with E-state index in [2.05, 4.69) is 27.9 Å². The van der Waals surface area contributed by atoms with Crippen molar-refractivity contribution in [2.45, 2.75) is 6.42 Å². The lowest BCUT2D eigenvalue weighted by atomic mass is 10.1. The predicted molar refractivity (Wildman–Crippen MR) is 108 cm³/mol. The molecule has 0 bridgehead atoms. The molecule has 2 aromatic carbocycles. The molecule has 136 valence electrons. The van der Waals surface area contributed by atoms with Gasteiger partial charge in [0.15, 0.2) is 11.5 Å². The molecule has 1 unspecified atom stereocenters. The van der Waals surface area contributed by atoms with E-state index in [-0.39, 0.29) is 18.2 Å². The van der Waals surface area contributed by atoms with Crippen molar-refractivity contribution in [1.82, 2.24) is 0 Å². The topological polar surface area (TPSA) is 67.9 Å². The summed E-state index contributed by atoms with van der Waals surface area (Å²) < 4.78 is 11.6. The smallest absolute Gasteiger partial charge is 0.229 e. The van der Waals surface area contributed by atoms with Crippen LogP contribution in [-0.4, -0.2) is 32.6 Å². The number of hydrogen-bond donors (Lipinski definition) is 1. The highest BCUT2D eigenvalue weighted by Gasteiger charge is 2.35. The van der Waals surface area contributed by atoms with Gasteiger partial charge in [-0.15, -0.1) is 0 Å². The van der Waals surface area contributed by atoms with Gasteiger partial charge < -0.3 is 19.7 Å². The molecule has 1 aliphatic heterocycles. The maximum atomic E-state index is 12.5. The van der Waals surface area contributed by atoms with Crippen molar-refractivity contribution in [3.05, 3.63) is 46.0 Å². The lowest BCUT2D eigenvalue weighted by Crippen LogP contribution is -2.28. The largest absolute Gasteiger partial charge is 0.493 e. The van der Waals surface area contributed by atoms with Crippen LogP contribution >= 0.6 is 22.6 Å². The Kier molecular flexibility index (Phi) is 5.65. The molecule has 3 rings (SSSR count). The number of ether oxygens (including phenoxy) is 2. The Morgan fingerprint density at radius 1 is 1.15 bits per heavy atom. The number of nitrogens with one attached hydrogen (secondary N) is 1. The number of hydrogen-bond acceptors (Lipinski definition) is 4. The number of rotatable bonds is 5. The summed E-state index contributed by atoms with van der Waals surface area (Å²) in [5, 5.41) is 2.89. The van der Waals surface area contributed by atoms with Gasteiger partial charge in [-0.1, -0.05) is 6.07 Å². The van der Waals surface area contributed by atoms with E-state index in [1.807, 2.05) is 24.3 Å². The highest BCUT2D eigenvalue weighted by atomic mass is 127. The molecular weight excluding hydrogens is 447 g/mol. The minimum atomic E-state index is -0.395. The molecule has 6 nitrogen and oxygen atoms in total. The van der Waals surface area contributed by atoms with Gasteiger partial charge in [0.1, 0.15) is 0 Å². The van der Waals surface area contributed by atoms with Crippen LogP contribution in [0.1, 0.15) is 6.42 Å². The van der Waals surface area contributed by atoms with Gasteiger partial charge in [0, 0.05) is 34.0 Å². The highest BCUT2D eigenvalue weighted by molar-refractivity contribution is 14.1. The average molecular weight is 466 g/mol. The van der Waals surface area contributed by atoms with Crippen LogP contribution in [0.25, 0.3) is 0 Å². The first-order chi connectivity index (χ1) is 12.5. The van der Waals surface area contributed by atoms with Gasteiger partial charge in [-0.2, -0.15) is 0 Å². The van der Waals surface area contributed by atoms with Crippen molar-refractivity contribution in [2.75, 3.05) is 31.0 Å². The first-order valence-electron chi connectivity index (χ1n) is 8.10. The molecule has 2 amide bonds. The number of carbonyl (C=O) groups excluding carboxylic acids is 2. The van der Waals surface area contributed by atoms with Gasteiger partial charge in [0.05, 0.1) is 20.1 Å². The summed E-state index contributed by atoms with van der Waals surface area (Å²) >= 11 is 2.19. The summed E-state index contributed by atoms with van der Waals surface area (Å²) in [4.78, 5) is 26.6. The third-order valence-corrected chi connectivity index (χ3v) is 4.94. The fourth-order valence-electron chi connectivity index (χ4n) is 2.94. The van der Waals surface area contributed by atoms with Gasteiger partial charge in [-0.3, -0.25) is 9.59 Å². The Morgan fingerprint density at radius 3 is 2.62 bits per heavy atom. The molecule has 1 saturated heterocycles. The van der Waals surface area contributed by atoms with Crippen LogP contribution in [0.5, 0.6) is 11.5 Å². The zero-order chi connectivity index (χ0) is 18.7. The number of benzene rings is 2. The van der Waals surface area contributed by atoms with E-state index < -0.39 is 5.92 Å². The van der Waals surface area contributed by atoms with Crippen molar-refractivity contribution in [3.63, 3.8) is 0 Å². The third-order valence-electron chi connectivity index (χ3n) is 4.27. The maximum Gasteiger partial charge on any atom is 0.229 e. The van der Waals surface area contributed by atoms with Crippen LogP contribution < -0.4 is 19.7 Å². The third kappa shape index (κ3) is 3.92. The molecule has 0 saturated carbocycles. The van der Waals surface area contributed by atoms with E-state index in [0.29, 0.717) is 23.7 Å². The number of amides is 2. The molecule has 1 atom stereocenters. The lowest BCUT2D eigenvalue weighted by molar-refractivity contribution is -0.122. The standard InChI is InChI=1S/C19H19IN2O4/c1-25-16-7-6-15(10-17(16)26-2)22-11-12(8-18(22)23)19(24)21-14-5-3-4-13(20)9-14/h3-7,9-10,12H,8,11H2,1-2H3,(H,21,24). The number of methoxy groups -OCH3 is 2. The number of anilines is 2. The molecule has 1 N–H and O–H groups in total. The molecular formula is C19H19IN2O4. The van der Waals surface area contributed by atoms with Crippen molar-refractivity contribution in [2.24, 2.45) is 5.92 Å². The number of halogens is 1. The molecule has 1 heterocycles. The van der Waals surface area contributed by atoms with Gasteiger partial charge in [0.2, 0.25) is 11.8 Å². The summed E-state index contributed by atoms with van der Waals surface area (Å²) in [6.45, 7) is 0.337. The molecule has 0 spiro atoms. The fourth-order valence-corrected chi connectivity index (χ4v) is 3.48. The minimum Gasteiger partial charge on any atom is -0.493 e. The molecule has 2 aromatic rings. The van der Waals surface area contributed by atoms with Crippen LogP contribution in [0.3, 0.4) is 0 Å². The minimum absolute atomic E-state index is 0.0833. The quantitative estimate of drug-likeness (QED) is 0.687. The van der Waals surface area contributed by atoms with Gasteiger partial charge >= 0.3 is 0 Å². The predicted octanol–water partition coefficient (Wildman–Crippen LogP) is 3.30. The maximum absolute atomic E-state index is 12.5. The van der Waals surface area contributed by atoms with E-state index in [1.165, 1.54) is 0 Å². The second-order valence-electron chi connectivity index (χ2n) is 5.94. The average Bonchev–Trinajstić information content (AvgIpc) is 3.03. The first-order valence-corrected chi connectivity index (χ1v) is 9.18. The van der Waals surface area contributed by atoms with E-state index in [0.717, 1.165) is 9.26 Å². The Labute approximate surface area is 165 Å². The summed E-state index contributed by atoms with van der Waals surface area (Å²) in [6.07, 6.45) is 0.185. The molecule has 7 heteroatoms. The van der Waals surface area contributed by atoms with Crippen molar-refractivity contribution in [1.29, 1.82) is 0 Å². The Hall–Kier alpha value is -2.29. The van der Waals surface area contributed by atoms with Crippen molar-refractivity contribution in [3.8, 4) is 11.5 Å². The second kappa shape index (κ2) is 7.94. The van der Waals surface area contributed by atoms with Crippen molar-refractivity contribution >= 4 is 45.8 Å². The first kappa shape index (κ1) is 18.5. The molecule has 0 aromatic heterocycles. The second-order valence-corrected chi connectivity index (χ2v) is 7.19. The zero-order valence-electron chi connectivity index (χ0n) is 14.5. The summed E-state index contributed by atoms with van der Waals surface area (Å²) in [5.74, 6) is 0.511. The van der Waals surface area contributed by atoms with Crippen LogP contribution in [-0.2, 0) is 9.59 Å². The van der Waals surface area contributed by atoms with Crippen LogP contribution in [0.2, 0.25) is 0 Å². The highest BCUT2D eigenvalue weighted by Crippen LogP contribution is 2.34. The Balaban J connectivity index is 1.73. The number of nitrogens with zero attached hydrogens (tertiary/aromatic N) is 1. The molecule has 1 fully saturated rings. The summed E-state index contributed by atoms with van der Waals surface area (Å²) in [5.41, 5.74) is 1.43. The molecule has 26 heavy (non-hydrogen) atoms. The van der Waals surface area contributed by atoms with Crippen LogP contribution in [0.15, 0.2) is 42.5 Å². The monoisotopic (exact) mass is 466 g/mol. The molecule has 0 radical (unpaired) electrons. The summed E-state index contributed by atoms with van der Waals surface area (Å²) in [6, 6.07) is 12.8. The van der Waals surface area contributed by atoms with E-state index >= 15 is 0 Å². The van der Waals surface area contributed by atoms with Crippen LogP contribution in [0, 0.1) is 9.49 Å². The Bertz CT molecular complexity index is 840. The van der Waals surface area contributed by atoms with Gasteiger partial charge in [-0.05, 0) is 52.9 Å². The normalized spacial score (nSPS) is 16.5. The fraction of sp³-hybridized carbons (Fsp3) is 0.263. The van der Waals surface area contributed by atoms with Crippen LogP contribution in [0.4, 0.5) is 11.4 Å². The molecule has 0 aliphatic carbocycles. The van der Waals surface area contributed by atoms with Gasteiger partial charge in [0.25, 0.3) is 0 Å². The SMILES string of the molecule is COc1ccc(N2CC(C(=O)Nc3cccc(I)c3)CC2=O)cc1OC. The zero-order valence-corrected chi connectivity index (χ0v) is 16.6. The summed E-state index contributed by atoms with van der Waals surface area (Å²) in [7, 11) is 3.11. The van der Waals surface area contributed by atoms with E-state index in [1.54, 1.807) is 37.3 Å². The number of carbonyl (C=O) groups is 2. The van der Waals surface area contributed by atoms with Crippen molar-refractivity contribution < 1.29 is 19.1 Å². The Morgan fingerprint density at radius 2 is 1.92 bits per heavy atom.